The quantitative estimate of drug-likeness (QED) is 0.773. The van der Waals surface area contributed by atoms with Gasteiger partial charge < -0.3 is 10.6 Å². The average Bonchev–Trinajstić information content (AvgIpc) is 2.45. The summed E-state index contributed by atoms with van der Waals surface area (Å²) in [7, 11) is 0. The van der Waals surface area contributed by atoms with Crippen LogP contribution in [0.5, 0.6) is 0 Å². The van der Waals surface area contributed by atoms with Crippen molar-refractivity contribution in [1.82, 2.24) is 10.6 Å². The van der Waals surface area contributed by atoms with E-state index in [1.807, 2.05) is 18.2 Å². The highest BCUT2D eigenvalue weighted by Gasteiger charge is 2.05. The molecule has 1 aliphatic rings. The summed E-state index contributed by atoms with van der Waals surface area (Å²) in [6, 6.07) is 10.1. The third-order valence-electron chi connectivity index (χ3n) is 3.15. The maximum atomic E-state index is 11.7. The lowest BCUT2D eigenvalue weighted by atomic mass is 10.1. The van der Waals surface area contributed by atoms with Gasteiger partial charge in [0.1, 0.15) is 0 Å². The average molecular weight is 244 g/mol. The molecule has 1 heterocycles. The van der Waals surface area contributed by atoms with Gasteiger partial charge in [-0.1, -0.05) is 42.0 Å². The van der Waals surface area contributed by atoms with E-state index in [0.717, 1.165) is 25.9 Å². The zero-order valence-corrected chi connectivity index (χ0v) is 10.6. The number of hydrogen-bond acceptors (Lipinski definition) is 2. The van der Waals surface area contributed by atoms with E-state index in [-0.39, 0.29) is 5.91 Å². The maximum absolute atomic E-state index is 11.7. The Morgan fingerprint density at radius 3 is 2.83 bits per heavy atom. The Bertz CT molecular complexity index is 412. The summed E-state index contributed by atoms with van der Waals surface area (Å²) >= 11 is 0. The maximum Gasteiger partial charge on any atom is 0.220 e. The van der Waals surface area contributed by atoms with Gasteiger partial charge in [-0.05, 0) is 24.9 Å². The zero-order valence-electron chi connectivity index (χ0n) is 10.6. The van der Waals surface area contributed by atoms with E-state index in [2.05, 4.69) is 28.8 Å². The number of carbonyl (C=O) groups is 1. The largest absolute Gasteiger partial charge is 0.352 e. The first-order valence-corrected chi connectivity index (χ1v) is 6.54. The van der Waals surface area contributed by atoms with E-state index in [4.69, 9.17) is 0 Å². The zero-order chi connectivity index (χ0) is 12.6. The van der Waals surface area contributed by atoms with E-state index in [9.17, 15) is 4.79 Å². The molecule has 1 aliphatic heterocycles. The van der Waals surface area contributed by atoms with Crippen molar-refractivity contribution in [2.45, 2.75) is 19.3 Å². The Hall–Kier alpha value is -1.61. The van der Waals surface area contributed by atoms with Gasteiger partial charge in [0, 0.05) is 19.5 Å². The molecule has 1 amide bonds. The minimum Gasteiger partial charge on any atom is -0.352 e. The highest BCUT2D eigenvalue weighted by Crippen LogP contribution is 2.04. The molecule has 0 fully saturated rings. The molecule has 1 aromatic carbocycles. The van der Waals surface area contributed by atoms with Gasteiger partial charge in [-0.25, -0.2) is 0 Å². The van der Waals surface area contributed by atoms with Crippen molar-refractivity contribution in [3.05, 3.63) is 47.5 Å². The Morgan fingerprint density at radius 2 is 2.11 bits per heavy atom. The Labute approximate surface area is 108 Å². The molecule has 0 bridgehead atoms. The highest BCUT2D eigenvalue weighted by atomic mass is 16.1. The van der Waals surface area contributed by atoms with Gasteiger partial charge in [-0.3, -0.25) is 4.79 Å². The fourth-order valence-corrected chi connectivity index (χ4v) is 2.03. The number of amides is 1. The molecular weight excluding hydrogens is 224 g/mol. The number of rotatable bonds is 5. The SMILES string of the molecule is O=C(CCc1ccccc1)NCC1=CCNCC1. The molecule has 0 saturated carbocycles. The lowest BCUT2D eigenvalue weighted by Gasteiger charge is -2.14. The standard InChI is InChI=1S/C15H20N2O/c18-15(7-6-13-4-2-1-3-5-13)17-12-14-8-10-16-11-9-14/h1-5,8,16H,6-7,9-12H2,(H,17,18). The van der Waals surface area contributed by atoms with Crippen LogP contribution in [-0.4, -0.2) is 25.5 Å². The first kappa shape index (κ1) is 12.8. The van der Waals surface area contributed by atoms with E-state index in [1.54, 1.807) is 0 Å². The van der Waals surface area contributed by atoms with Crippen LogP contribution < -0.4 is 10.6 Å². The molecule has 0 spiro atoms. The summed E-state index contributed by atoms with van der Waals surface area (Å²) in [5, 5.41) is 6.25. The minimum absolute atomic E-state index is 0.137. The van der Waals surface area contributed by atoms with Crippen LogP contribution in [0, 0.1) is 0 Å². The molecule has 3 heteroatoms. The van der Waals surface area contributed by atoms with Gasteiger partial charge in [0.15, 0.2) is 0 Å². The molecular formula is C15H20N2O. The number of carbonyl (C=O) groups excluding carboxylic acids is 1. The second kappa shape index (κ2) is 6.97. The first-order chi connectivity index (χ1) is 8.84. The Balaban J connectivity index is 1.67. The summed E-state index contributed by atoms with van der Waals surface area (Å²) < 4.78 is 0. The third kappa shape index (κ3) is 4.34. The molecule has 0 saturated heterocycles. The summed E-state index contributed by atoms with van der Waals surface area (Å²) in [6.07, 6.45) is 4.59. The van der Waals surface area contributed by atoms with Gasteiger partial charge in [0.05, 0.1) is 0 Å². The molecule has 0 aromatic heterocycles. The van der Waals surface area contributed by atoms with Crippen LogP contribution in [-0.2, 0) is 11.2 Å². The van der Waals surface area contributed by atoms with Crippen molar-refractivity contribution in [3.63, 3.8) is 0 Å². The smallest absolute Gasteiger partial charge is 0.220 e. The topological polar surface area (TPSA) is 41.1 Å². The molecule has 0 atom stereocenters. The predicted octanol–water partition coefficient (Wildman–Crippen LogP) is 1.66. The molecule has 0 radical (unpaired) electrons. The predicted molar refractivity (Wildman–Crippen MR) is 73.3 cm³/mol. The summed E-state index contributed by atoms with van der Waals surface area (Å²) in [6.45, 7) is 2.65. The molecule has 0 unspecified atom stereocenters. The monoisotopic (exact) mass is 244 g/mol. The fourth-order valence-electron chi connectivity index (χ4n) is 2.03. The molecule has 3 nitrogen and oxygen atoms in total. The summed E-state index contributed by atoms with van der Waals surface area (Å²) in [4.78, 5) is 11.7. The van der Waals surface area contributed by atoms with Gasteiger partial charge in [-0.15, -0.1) is 0 Å². The molecule has 2 rings (SSSR count). The van der Waals surface area contributed by atoms with Crippen molar-refractivity contribution in [1.29, 1.82) is 0 Å². The summed E-state index contributed by atoms with van der Waals surface area (Å²) in [5.74, 6) is 0.137. The second-order valence-corrected chi connectivity index (χ2v) is 4.58. The molecule has 18 heavy (non-hydrogen) atoms. The lowest BCUT2D eigenvalue weighted by Crippen LogP contribution is -2.29. The van der Waals surface area contributed by atoms with Crippen LogP contribution >= 0.6 is 0 Å². The molecule has 0 aliphatic carbocycles. The number of benzene rings is 1. The van der Waals surface area contributed by atoms with Crippen LogP contribution in [0.1, 0.15) is 18.4 Å². The van der Waals surface area contributed by atoms with Crippen LogP contribution in [0.2, 0.25) is 0 Å². The Kier molecular flexibility index (Phi) is 4.97. The normalized spacial score (nSPS) is 15.0. The van der Waals surface area contributed by atoms with Crippen molar-refractivity contribution in [2.75, 3.05) is 19.6 Å². The van der Waals surface area contributed by atoms with Crippen molar-refractivity contribution >= 4 is 5.91 Å². The molecule has 1 aromatic rings. The lowest BCUT2D eigenvalue weighted by molar-refractivity contribution is -0.120. The van der Waals surface area contributed by atoms with Crippen LogP contribution in [0.25, 0.3) is 0 Å². The van der Waals surface area contributed by atoms with Crippen LogP contribution in [0.4, 0.5) is 0 Å². The molecule has 2 N–H and O–H groups in total. The first-order valence-electron chi connectivity index (χ1n) is 6.54. The van der Waals surface area contributed by atoms with E-state index >= 15 is 0 Å². The number of aryl methyl sites for hydroxylation is 1. The van der Waals surface area contributed by atoms with E-state index in [1.165, 1.54) is 11.1 Å². The number of hydrogen-bond donors (Lipinski definition) is 2. The van der Waals surface area contributed by atoms with Gasteiger partial charge in [0.2, 0.25) is 5.91 Å². The van der Waals surface area contributed by atoms with Crippen molar-refractivity contribution < 1.29 is 4.79 Å². The van der Waals surface area contributed by atoms with Crippen LogP contribution in [0.15, 0.2) is 42.0 Å². The van der Waals surface area contributed by atoms with Gasteiger partial charge in [-0.2, -0.15) is 0 Å². The van der Waals surface area contributed by atoms with E-state index in [0.29, 0.717) is 13.0 Å². The summed E-state index contributed by atoms with van der Waals surface area (Å²) in [5.41, 5.74) is 2.55. The highest BCUT2D eigenvalue weighted by molar-refractivity contribution is 5.76. The van der Waals surface area contributed by atoms with Crippen LogP contribution in [0.3, 0.4) is 0 Å². The second-order valence-electron chi connectivity index (χ2n) is 4.58. The fraction of sp³-hybridized carbons (Fsp3) is 0.400. The number of nitrogens with one attached hydrogen (secondary N) is 2. The molecule has 96 valence electrons. The Morgan fingerprint density at radius 1 is 1.28 bits per heavy atom. The van der Waals surface area contributed by atoms with Gasteiger partial charge >= 0.3 is 0 Å². The van der Waals surface area contributed by atoms with E-state index < -0.39 is 0 Å². The van der Waals surface area contributed by atoms with Crippen molar-refractivity contribution in [3.8, 4) is 0 Å². The third-order valence-corrected chi connectivity index (χ3v) is 3.15. The minimum atomic E-state index is 0.137. The van der Waals surface area contributed by atoms with Gasteiger partial charge in [0.25, 0.3) is 0 Å². The van der Waals surface area contributed by atoms with Crippen molar-refractivity contribution in [2.24, 2.45) is 0 Å².